The Morgan fingerprint density at radius 1 is 1.16 bits per heavy atom. The van der Waals surface area contributed by atoms with Crippen LogP contribution in [0.3, 0.4) is 0 Å². The van der Waals surface area contributed by atoms with Gasteiger partial charge in [0.25, 0.3) is 11.5 Å². The third kappa shape index (κ3) is 4.95. The SMILES string of the molecule is Cc1cc([C@@H](C)Nc2ccc(Cl)nc2C(=O)NS(C)(=O)=O)c2nc(N3C[C@@H]4C(c5cc6n(n5)CCO6)[C@@H]4C3)n(C)c(=O)c2c1. The molecule has 1 saturated carbocycles. The first-order valence-electron chi connectivity index (χ1n) is 14.3. The Balaban J connectivity index is 1.19. The number of hydrogen-bond acceptors (Lipinski definition) is 10. The summed E-state index contributed by atoms with van der Waals surface area (Å²) in [5, 5.41) is 8.53. The average Bonchev–Trinajstić information content (AvgIpc) is 3.33. The fourth-order valence-electron chi connectivity index (χ4n) is 6.63. The largest absolute Gasteiger partial charge is 0.476 e. The number of aromatic nitrogens is 5. The lowest BCUT2D eigenvalue weighted by Crippen LogP contribution is -2.32. The fourth-order valence-corrected chi connectivity index (χ4v) is 7.21. The summed E-state index contributed by atoms with van der Waals surface area (Å²) in [6.45, 7) is 6.78. The zero-order chi connectivity index (χ0) is 31.1. The van der Waals surface area contributed by atoms with Crippen molar-refractivity contribution in [1.29, 1.82) is 0 Å². The molecule has 7 rings (SSSR count). The van der Waals surface area contributed by atoms with Gasteiger partial charge in [0.05, 0.1) is 41.1 Å². The molecule has 1 saturated heterocycles. The van der Waals surface area contributed by atoms with Crippen molar-refractivity contribution in [2.24, 2.45) is 18.9 Å². The van der Waals surface area contributed by atoms with E-state index in [1.54, 1.807) is 17.7 Å². The number of rotatable bonds is 7. The van der Waals surface area contributed by atoms with Crippen LogP contribution < -0.4 is 25.2 Å². The van der Waals surface area contributed by atoms with Crippen LogP contribution in [0, 0.1) is 18.8 Å². The Morgan fingerprint density at radius 2 is 1.91 bits per heavy atom. The lowest BCUT2D eigenvalue weighted by atomic mass is 10.0. The molecule has 1 aromatic carbocycles. The molecule has 0 spiro atoms. The maximum Gasteiger partial charge on any atom is 0.285 e. The van der Waals surface area contributed by atoms with Crippen molar-refractivity contribution in [3.8, 4) is 5.88 Å². The van der Waals surface area contributed by atoms with Gasteiger partial charge < -0.3 is 15.0 Å². The molecule has 1 aliphatic carbocycles. The number of pyridine rings is 1. The number of benzene rings is 1. The van der Waals surface area contributed by atoms with Gasteiger partial charge in [-0.2, -0.15) is 5.10 Å². The van der Waals surface area contributed by atoms with E-state index in [2.05, 4.69) is 21.3 Å². The molecule has 0 bridgehead atoms. The minimum absolute atomic E-state index is 0.0360. The van der Waals surface area contributed by atoms with Crippen LogP contribution in [-0.4, -0.2) is 64.6 Å². The van der Waals surface area contributed by atoms with Crippen molar-refractivity contribution in [3.63, 3.8) is 0 Å². The predicted octanol–water partition coefficient (Wildman–Crippen LogP) is 2.59. The Hall–Kier alpha value is -4.17. The van der Waals surface area contributed by atoms with E-state index in [0.29, 0.717) is 41.2 Å². The molecule has 1 unspecified atom stereocenters. The highest BCUT2D eigenvalue weighted by molar-refractivity contribution is 7.89. The molecule has 2 aliphatic heterocycles. The first kappa shape index (κ1) is 28.6. The van der Waals surface area contributed by atoms with Gasteiger partial charge in [-0.25, -0.2) is 27.8 Å². The molecule has 3 aliphatic rings. The molecule has 2 fully saturated rings. The number of nitrogens with one attached hydrogen (secondary N) is 2. The minimum atomic E-state index is -3.83. The van der Waals surface area contributed by atoms with Gasteiger partial charge in [0, 0.05) is 37.7 Å². The number of sulfonamides is 1. The number of fused-ring (bicyclic) bond motifs is 3. The highest BCUT2D eigenvalue weighted by Crippen LogP contribution is 2.58. The van der Waals surface area contributed by atoms with Gasteiger partial charge in [0.15, 0.2) is 5.69 Å². The second-order valence-electron chi connectivity index (χ2n) is 11.9. The van der Waals surface area contributed by atoms with Crippen molar-refractivity contribution in [2.45, 2.75) is 32.4 Å². The van der Waals surface area contributed by atoms with E-state index < -0.39 is 22.0 Å². The Morgan fingerprint density at radius 3 is 2.61 bits per heavy atom. The fraction of sp³-hybridized carbons (Fsp3) is 0.414. The number of aryl methyl sites for hydroxylation is 1. The summed E-state index contributed by atoms with van der Waals surface area (Å²) in [7, 11) is -2.08. The molecule has 1 amide bonds. The number of nitrogens with zero attached hydrogens (tertiary/aromatic N) is 6. The van der Waals surface area contributed by atoms with Crippen molar-refractivity contribution < 1.29 is 17.9 Å². The molecule has 4 aromatic rings. The van der Waals surface area contributed by atoms with E-state index >= 15 is 0 Å². The third-order valence-electron chi connectivity index (χ3n) is 8.66. The highest BCUT2D eigenvalue weighted by atomic mass is 35.5. The van der Waals surface area contributed by atoms with Gasteiger partial charge >= 0.3 is 0 Å². The van der Waals surface area contributed by atoms with E-state index in [-0.39, 0.29) is 22.1 Å². The predicted molar refractivity (Wildman–Crippen MR) is 165 cm³/mol. The standard InChI is InChI=1S/C29H31ClN8O5S/c1-14-9-16(15(2)31-20-5-6-22(30)32-26(20)27(39)35-44(4,41)42)25-17(10-14)28(40)36(3)29(33-25)37-12-18-19(13-37)24(18)21-11-23-38(34-21)7-8-43-23/h5-6,9-11,15,18-19,24,31H,7-8,12-13H2,1-4H3,(H,35,39)/t15-,18-,19+,24?/m1/s1. The molecular formula is C29H31ClN8O5S. The Bertz CT molecular complexity index is 1990. The molecule has 5 heterocycles. The molecule has 13 nitrogen and oxygen atoms in total. The summed E-state index contributed by atoms with van der Waals surface area (Å²) >= 11 is 6.04. The maximum atomic E-state index is 13.7. The van der Waals surface area contributed by atoms with Crippen LogP contribution in [0.4, 0.5) is 11.6 Å². The Kier molecular flexibility index (Phi) is 6.62. The van der Waals surface area contributed by atoms with Crippen LogP contribution in [0.2, 0.25) is 5.15 Å². The minimum Gasteiger partial charge on any atom is -0.476 e. The Labute approximate surface area is 258 Å². The third-order valence-corrected chi connectivity index (χ3v) is 9.42. The first-order chi connectivity index (χ1) is 20.9. The topological polar surface area (TPSA) is 153 Å². The summed E-state index contributed by atoms with van der Waals surface area (Å²) in [5.41, 5.74) is 3.21. The van der Waals surface area contributed by atoms with Crippen LogP contribution in [0.5, 0.6) is 5.88 Å². The zero-order valence-corrected chi connectivity index (χ0v) is 26.1. The summed E-state index contributed by atoms with van der Waals surface area (Å²) < 4.78 is 34.5. The number of hydrogen-bond donors (Lipinski definition) is 2. The van der Waals surface area contributed by atoms with Crippen LogP contribution in [0.1, 0.15) is 46.2 Å². The lowest BCUT2D eigenvalue weighted by Gasteiger charge is -2.25. The van der Waals surface area contributed by atoms with E-state index in [0.717, 1.165) is 48.6 Å². The van der Waals surface area contributed by atoms with Crippen molar-refractivity contribution in [2.75, 3.05) is 36.2 Å². The van der Waals surface area contributed by atoms with Crippen LogP contribution >= 0.6 is 11.6 Å². The van der Waals surface area contributed by atoms with Crippen LogP contribution in [0.15, 0.2) is 35.1 Å². The molecule has 230 valence electrons. The number of carbonyl (C=O) groups excluding carboxylic acids is 1. The number of carbonyl (C=O) groups is 1. The van der Waals surface area contributed by atoms with Crippen molar-refractivity contribution in [1.82, 2.24) is 29.0 Å². The van der Waals surface area contributed by atoms with Crippen molar-refractivity contribution in [3.05, 3.63) is 68.4 Å². The smallest absolute Gasteiger partial charge is 0.285 e. The number of halogens is 1. The van der Waals surface area contributed by atoms with Gasteiger partial charge in [0.2, 0.25) is 21.9 Å². The number of amides is 1. The van der Waals surface area contributed by atoms with Gasteiger partial charge in [-0.1, -0.05) is 17.7 Å². The number of ether oxygens (including phenoxy) is 1. The van der Waals surface area contributed by atoms with Crippen molar-refractivity contribution >= 4 is 50.1 Å². The second-order valence-corrected chi connectivity index (χ2v) is 14.0. The average molecular weight is 639 g/mol. The molecule has 3 aromatic heterocycles. The molecular weight excluding hydrogens is 608 g/mol. The molecule has 2 N–H and O–H groups in total. The van der Waals surface area contributed by atoms with E-state index in [9.17, 15) is 18.0 Å². The molecule has 15 heteroatoms. The molecule has 4 atom stereocenters. The van der Waals surface area contributed by atoms with Gasteiger partial charge in [0.1, 0.15) is 11.8 Å². The first-order valence-corrected chi connectivity index (χ1v) is 16.6. The van der Waals surface area contributed by atoms with E-state index in [1.165, 1.54) is 6.07 Å². The van der Waals surface area contributed by atoms with Crippen LogP contribution in [0.25, 0.3) is 10.9 Å². The summed E-state index contributed by atoms with van der Waals surface area (Å²) in [4.78, 5) is 37.7. The van der Waals surface area contributed by atoms with Gasteiger partial charge in [-0.05, 0) is 49.4 Å². The summed E-state index contributed by atoms with van der Waals surface area (Å²) in [6, 6.07) is 8.46. The van der Waals surface area contributed by atoms with E-state index in [1.807, 2.05) is 35.4 Å². The monoisotopic (exact) mass is 638 g/mol. The quantitative estimate of drug-likeness (QED) is 0.289. The zero-order valence-electron chi connectivity index (χ0n) is 24.5. The highest BCUT2D eigenvalue weighted by Gasteiger charge is 2.58. The lowest BCUT2D eigenvalue weighted by molar-refractivity contribution is 0.0977. The number of piperidine rings is 1. The second kappa shape index (κ2) is 10.2. The normalized spacial score (nSPS) is 21.1. The number of anilines is 2. The van der Waals surface area contributed by atoms with Gasteiger partial charge in [-0.15, -0.1) is 0 Å². The summed E-state index contributed by atoms with van der Waals surface area (Å²) in [5.74, 6) is 1.78. The molecule has 0 radical (unpaired) electrons. The molecule has 44 heavy (non-hydrogen) atoms. The van der Waals surface area contributed by atoms with Crippen LogP contribution in [-0.2, 0) is 23.6 Å². The van der Waals surface area contributed by atoms with Gasteiger partial charge in [-0.3, -0.25) is 14.2 Å². The van der Waals surface area contributed by atoms with E-state index in [4.69, 9.17) is 26.4 Å². The summed E-state index contributed by atoms with van der Waals surface area (Å²) in [6.07, 6.45) is 0.885. The maximum absolute atomic E-state index is 13.7.